The molecule has 0 aliphatic rings. The number of rotatable bonds is 5. The molecule has 0 unspecified atom stereocenters. The molecule has 0 aliphatic carbocycles. The van der Waals surface area contributed by atoms with Gasteiger partial charge >= 0.3 is 12.2 Å². The summed E-state index contributed by atoms with van der Waals surface area (Å²) >= 11 is 0. The molecule has 0 bridgehead atoms. The van der Waals surface area contributed by atoms with E-state index < -0.39 is 18.8 Å². The predicted octanol–water partition coefficient (Wildman–Crippen LogP) is 0.800. The van der Waals surface area contributed by atoms with Gasteiger partial charge in [-0.05, 0) is 27.1 Å². The molecule has 0 radical (unpaired) electrons. The zero-order valence-corrected chi connectivity index (χ0v) is 8.82. The molecule has 0 aromatic carbocycles. The molecule has 0 heterocycles. The van der Waals surface area contributed by atoms with E-state index in [0.717, 1.165) is 6.54 Å². The third-order valence-corrected chi connectivity index (χ3v) is 1.52. The average molecular weight is 227 g/mol. The summed E-state index contributed by atoms with van der Waals surface area (Å²) in [6.45, 7) is -0.159. The lowest BCUT2D eigenvalue weighted by Crippen LogP contribution is -2.41. The van der Waals surface area contributed by atoms with Crippen molar-refractivity contribution in [3.63, 3.8) is 0 Å². The van der Waals surface area contributed by atoms with Gasteiger partial charge in [0.05, 0.1) is 0 Å². The van der Waals surface area contributed by atoms with Crippen LogP contribution in [0, 0.1) is 0 Å². The second kappa shape index (κ2) is 6.49. The van der Waals surface area contributed by atoms with Crippen LogP contribution in [0.3, 0.4) is 0 Å². The normalized spacial score (nSPS) is 11.6. The molecule has 15 heavy (non-hydrogen) atoms. The minimum Gasteiger partial charge on any atom is -0.338 e. The number of urea groups is 1. The van der Waals surface area contributed by atoms with Gasteiger partial charge in [0.1, 0.15) is 6.54 Å². The monoisotopic (exact) mass is 227 g/mol. The number of alkyl halides is 3. The first kappa shape index (κ1) is 14.0. The molecule has 0 aliphatic heterocycles. The van der Waals surface area contributed by atoms with Crippen LogP contribution in [0.2, 0.25) is 0 Å². The third kappa shape index (κ3) is 10.9. The van der Waals surface area contributed by atoms with E-state index in [-0.39, 0.29) is 0 Å². The van der Waals surface area contributed by atoms with E-state index >= 15 is 0 Å². The Morgan fingerprint density at radius 3 is 2.33 bits per heavy atom. The van der Waals surface area contributed by atoms with Gasteiger partial charge in [-0.3, -0.25) is 0 Å². The van der Waals surface area contributed by atoms with Crippen LogP contribution in [0.5, 0.6) is 0 Å². The first-order chi connectivity index (χ1) is 6.81. The Bertz CT molecular complexity index is 194. The molecule has 7 heteroatoms. The maximum atomic E-state index is 11.7. The smallest absolute Gasteiger partial charge is 0.338 e. The lowest BCUT2D eigenvalue weighted by atomic mass is 10.4. The second-order valence-corrected chi connectivity index (χ2v) is 3.38. The number of carbonyl (C=O) groups excluding carboxylic acids is 1. The number of halogens is 3. The molecule has 0 rings (SSSR count). The number of nitrogens with one attached hydrogen (secondary N) is 2. The van der Waals surface area contributed by atoms with Crippen LogP contribution >= 0.6 is 0 Å². The molecule has 2 amide bonds. The highest BCUT2D eigenvalue weighted by molar-refractivity contribution is 5.73. The van der Waals surface area contributed by atoms with E-state index in [1.54, 1.807) is 5.32 Å². The molecule has 0 saturated heterocycles. The van der Waals surface area contributed by atoms with E-state index in [1.807, 2.05) is 19.0 Å². The van der Waals surface area contributed by atoms with Gasteiger partial charge in [0, 0.05) is 6.54 Å². The van der Waals surface area contributed by atoms with Crippen molar-refractivity contribution in [1.82, 2.24) is 15.5 Å². The van der Waals surface area contributed by atoms with Crippen molar-refractivity contribution in [3.8, 4) is 0 Å². The zero-order chi connectivity index (χ0) is 11.9. The molecule has 0 saturated carbocycles. The number of carbonyl (C=O) groups is 1. The first-order valence-corrected chi connectivity index (χ1v) is 4.54. The standard InChI is InChI=1S/C8H16F3N3O/c1-14(2)5-3-4-12-7(15)13-6-8(9,10)11/h3-6H2,1-2H3,(H2,12,13,15). The highest BCUT2D eigenvalue weighted by Gasteiger charge is 2.27. The maximum Gasteiger partial charge on any atom is 0.405 e. The summed E-state index contributed by atoms with van der Waals surface area (Å²) in [4.78, 5) is 12.7. The summed E-state index contributed by atoms with van der Waals surface area (Å²) in [5, 5.41) is 4.06. The molecule has 0 spiro atoms. The Hall–Kier alpha value is -0.980. The Labute approximate surface area is 86.8 Å². The van der Waals surface area contributed by atoms with E-state index in [0.29, 0.717) is 13.0 Å². The maximum absolute atomic E-state index is 11.7. The third-order valence-electron chi connectivity index (χ3n) is 1.52. The van der Waals surface area contributed by atoms with E-state index in [1.165, 1.54) is 0 Å². The van der Waals surface area contributed by atoms with Gasteiger partial charge in [-0.15, -0.1) is 0 Å². The summed E-state index contributed by atoms with van der Waals surface area (Å²) in [7, 11) is 3.76. The van der Waals surface area contributed by atoms with Crippen LogP contribution in [0.1, 0.15) is 6.42 Å². The van der Waals surface area contributed by atoms with Crippen LogP contribution in [0.15, 0.2) is 0 Å². The second-order valence-electron chi connectivity index (χ2n) is 3.38. The van der Waals surface area contributed by atoms with Gasteiger partial charge in [-0.25, -0.2) is 4.79 Å². The summed E-state index contributed by atoms with van der Waals surface area (Å²) in [6.07, 6.45) is -3.66. The van der Waals surface area contributed by atoms with Crippen LogP contribution < -0.4 is 10.6 Å². The highest BCUT2D eigenvalue weighted by Crippen LogP contribution is 2.11. The zero-order valence-electron chi connectivity index (χ0n) is 8.82. The van der Waals surface area contributed by atoms with Crippen molar-refractivity contribution in [3.05, 3.63) is 0 Å². The minimum absolute atomic E-state index is 0.363. The number of nitrogens with zero attached hydrogens (tertiary/aromatic N) is 1. The summed E-state index contributed by atoms with van der Waals surface area (Å²) in [6, 6.07) is -0.786. The summed E-state index contributed by atoms with van der Waals surface area (Å²) < 4.78 is 35.0. The lowest BCUT2D eigenvalue weighted by molar-refractivity contribution is -0.122. The van der Waals surface area contributed by atoms with E-state index in [9.17, 15) is 18.0 Å². The van der Waals surface area contributed by atoms with Crippen molar-refractivity contribution in [2.45, 2.75) is 12.6 Å². The Morgan fingerprint density at radius 1 is 1.27 bits per heavy atom. The van der Waals surface area contributed by atoms with Crippen LogP contribution in [-0.2, 0) is 0 Å². The molecule has 2 N–H and O–H groups in total. The van der Waals surface area contributed by atoms with Crippen LogP contribution in [0.4, 0.5) is 18.0 Å². The van der Waals surface area contributed by atoms with Crippen LogP contribution in [-0.4, -0.2) is 50.8 Å². The number of amides is 2. The summed E-state index contributed by atoms with van der Waals surface area (Å²) in [5.41, 5.74) is 0. The largest absolute Gasteiger partial charge is 0.405 e. The number of hydrogen-bond donors (Lipinski definition) is 2. The van der Waals surface area contributed by atoms with E-state index in [4.69, 9.17) is 0 Å². The summed E-state index contributed by atoms with van der Waals surface area (Å²) in [5.74, 6) is 0. The Kier molecular flexibility index (Phi) is 6.07. The molecular weight excluding hydrogens is 211 g/mol. The predicted molar refractivity (Wildman–Crippen MR) is 50.6 cm³/mol. The molecule has 0 aromatic rings. The topological polar surface area (TPSA) is 44.4 Å². The minimum atomic E-state index is -4.36. The van der Waals surface area contributed by atoms with Gasteiger partial charge < -0.3 is 15.5 Å². The molecular formula is C8H16F3N3O. The van der Waals surface area contributed by atoms with Crippen molar-refractivity contribution >= 4 is 6.03 Å². The quantitative estimate of drug-likeness (QED) is 0.682. The average Bonchev–Trinajstić information content (AvgIpc) is 2.07. The molecule has 0 atom stereocenters. The fraction of sp³-hybridized carbons (Fsp3) is 0.875. The van der Waals surface area contributed by atoms with Crippen molar-refractivity contribution in [1.29, 1.82) is 0 Å². The van der Waals surface area contributed by atoms with Gasteiger partial charge in [-0.1, -0.05) is 0 Å². The lowest BCUT2D eigenvalue weighted by Gasteiger charge is -2.11. The molecule has 4 nitrogen and oxygen atoms in total. The molecule has 0 aromatic heterocycles. The first-order valence-electron chi connectivity index (χ1n) is 4.54. The van der Waals surface area contributed by atoms with Crippen molar-refractivity contribution in [2.75, 3.05) is 33.7 Å². The SMILES string of the molecule is CN(C)CCCNC(=O)NCC(F)(F)F. The fourth-order valence-electron chi connectivity index (χ4n) is 0.840. The highest BCUT2D eigenvalue weighted by atomic mass is 19.4. The van der Waals surface area contributed by atoms with Crippen molar-refractivity contribution in [2.24, 2.45) is 0 Å². The Balaban J connectivity index is 3.42. The van der Waals surface area contributed by atoms with Crippen molar-refractivity contribution < 1.29 is 18.0 Å². The van der Waals surface area contributed by atoms with Crippen LogP contribution in [0.25, 0.3) is 0 Å². The Morgan fingerprint density at radius 2 is 1.87 bits per heavy atom. The van der Waals surface area contributed by atoms with E-state index in [2.05, 4.69) is 5.32 Å². The van der Waals surface area contributed by atoms with Gasteiger partial charge in [0.2, 0.25) is 0 Å². The fourth-order valence-corrected chi connectivity index (χ4v) is 0.840. The molecule has 0 fully saturated rings. The number of hydrogen-bond acceptors (Lipinski definition) is 2. The van der Waals surface area contributed by atoms with Gasteiger partial charge in [0.15, 0.2) is 0 Å². The van der Waals surface area contributed by atoms with Gasteiger partial charge in [0.25, 0.3) is 0 Å². The molecule has 90 valence electrons. The van der Waals surface area contributed by atoms with Gasteiger partial charge in [-0.2, -0.15) is 13.2 Å².